The summed E-state index contributed by atoms with van der Waals surface area (Å²) in [5.41, 5.74) is 1.10. The summed E-state index contributed by atoms with van der Waals surface area (Å²) < 4.78 is 17.4. The van der Waals surface area contributed by atoms with Crippen LogP contribution in [0, 0.1) is 0 Å². The number of aliphatic imine (C=N–C) groups is 1. The van der Waals surface area contributed by atoms with Gasteiger partial charge in [0, 0.05) is 23.7 Å². The molecule has 0 aromatic heterocycles. The Hall–Kier alpha value is -1.61. The van der Waals surface area contributed by atoms with Gasteiger partial charge in [-0.1, -0.05) is 30.3 Å². The predicted molar refractivity (Wildman–Crippen MR) is 119 cm³/mol. The van der Waals surface area contributed by atoms with Crippen molar-refractivity contribution < 1.29 is 8.95 Å². The number of nitrogens with one attached hydrogen (secondary N) is 2. The lowest BCUT2D eigenvalue weighted by atomic mass is 10.2. The molecule has 0 aliphatic carbocycles. The first-order chi connectivity index (χ1) is 12.2. The third kappa shape index (κ3) is 7.74. The van der Waals surface area contributed by atoms with Gasteiger partial charge in [0.2, 0.25) is 0 Å². The Labute approximate surface area is 175 Å². The highest BCUT2D eigenvalue weighted by Crippen LogP contribution is 2.11. The van der Waals surface area contributed by atoms with E-state index in [1.54, 1.807) is 7.11 Å². The Morgan fingerprint density at radius 2 is 1.77 bits per heavy atom. The molecule has 5 nitrogen and oxygen atoms in total. The Morgan fingerprint density at radius 3 is 2.38 bits per heavy atom. The molecule has 26 heavy (non-hydrogen) atoms. The van der Waals surface area contributed by atoms with Crippen LogP contribution in [0.15, 0.2) is 64.5 Å². The molecule has 0 radical (unpaired) electrons. The summed E-state index contributed by atoms with van der Waals surface area (Å²) in [6, 6.07) is 17.4. The van der Waals surface area contributed by atoms with Crippen LogP contribution < -0.4 is 15.4 Å². The van der Waals surface area contributed by atoms with E-state index in [0.29, 0.717) is 18.8 Å². The molecule has 0 spiro atoms. The molecule has 2 aromatic carbocycles. The van der Waals surface area contributed by atoms with Crippen molar-refractivity contribution in [3.8, 4) is 5.75 Å². The fraction of sp³-hybridized carbons (Fsp3) is 0.316. The molecular formula is C19H26IN3O2S. The number of rotatable bonds is 8. The topological polar surface area (TPSA) is 62.7 Å². The molecule has 0 bridgehead atoms. The molecule has 0 saturated heterocycles. The Kier molecular flexibility index (Phi) is 11.0. The van der Waals surface area contributed by atoms with Crippen molar-refractivity contribution in [1.82, 2.24) is 10.6 Å². The molecule has 0 fully saturated rings. The maximum atomic E-state index is 12.2. The zero-order chi connectivity index (χ0) is 17.9. The number of nitrogens with zero attached hydrogens (tertiary/aromatic N) is 1. The average Bonchev–Trinajstić information content (AvgIpc) is 2.67. The second kappa shape index (κ2) is 12.7. The van der Waals surface area contributed by atoms with Crippen molar-refractivity contribution in [3.05, 3.63) is 60.2 Å². The normalized spacial score (nSPS) is 12.0. The number of methoxy groups -OCH3 is 1. The van der Waals surface area contributed by atoms with Crippen LogP contribution in [0.3, 0.4) is 0 Å². The summed E-state index contributed by atoms with van der Waals surface area (Å²) in [5.74, 6) is 2.10. The summed E-state index contributed by atoms with van der Waals surface area (Å²) >= 11 is 0. The standard InChI is InChI=1S/C19H25N3O2S.HI/c1-3-20-19(22-15-16-9-11-17(24-2)12-10-16)21-13-14-25(23)18-7-5-4-6-8-18;/h4-12H,3,13-15H2,1-2H3,(H2,20,21,22);1H. The number of guanidine groups is 1. The largest absolute Gasteiger partial charge is 0.497 e. The third-order valence-electron chi connectivity index (χ3n) is 3.51. The van der Waals surface area contributed by atoms with Crippen molar-refractivity contribution in [2.24, 2.45) is 4.99 Å². The number of benzene rings is 2. The smallest absolute Gasteiger partial charge is 0.191 e. The summed E-state index contributed by atoms with van der Waals surface area (Å²) in [6.45, 7) is 3.96. The van der Waals surface area contributed by atoms with Crippen LogP contribution in [0.5, 0.6) is 5.75 Å². The van der Waals surface area contributed by atoms with E-state index in [0.717, 1.165) is 28.7 Å². The van der Waals surface area contributed by atoms with Crippen molar-refractivity contribution in [2.75, 3.05) is 26.0 Å². The average molecular weight is 487 g/mol. The van der Waals surface area contributed by atoms with Gasteiger partial charge in [0.1, 0.15) is 5.75 Å². The summed E-state index contributed by atoms with van der Waals surface area (Å²) in [7, 11) is 0.646. The van der Waals surface area contributed by atoms with Crippen molar-refractivity contribution in [1.29, 1.82) is 0 Å². The van der Waals surface area contributed by atoms with Gasteiger partial charge in [0.25, 0.3) is 0 Å². The van der Waals surface area contributed by atoms with E-state index in [9.17, 15) is 4.21 Å². The summed E-state index contributed by atoms with van der Waals surface area (Å²) in [6.07, 6.45) is 0. The van der Waals surface area contributed by atoms with Crippen LogP contribution in [0.25, 0.3) is 0 Å². The zero-order valence-electron chi connectivity index (χ0n) is 15.1. The van der Waals surface area contributed by atoms with Gasteiger partial charge in [-0.05, 0) is 36.8 Å². The van der Waals surface area contributed by atoms with Gasteiger partial charge in [-0.15, -0.1) is 24.0 Å². The van der Waals surface area contributed by atoms with Gasteiger partial charge in [-0.2, -0.15) is 0 Å². The van der Waals surface area contributed by atoms with Gasteiger partial charge >= 0.3 is 0 Å². The van der Waals surface area contributed by atoms with Gasteiger partial charge in [-0.3, -0.25) is 4.21 Å². The van der Waals surface area contributed by atoms with Crippen LogP contribution in [0.2, 0.25) is 0 Å². The van der Waals surface area contributed by atoms with E-state index >= 15 is 0 Å². The minimum atomic E-state index is -1.01. The number of hydrogen-bond acceptors (Lipinski definition) is 3. The maximum absolute atomic E-state index is 12.2. The highest BCUT2D eigenvalue weighted by Gasteiger charge is 2.04. The molecule has 7 heteroatoms. The van der Waals surface area contributed by atoms with Gasteiger partial charge in [0.05, 0.1) is 24.5 Å². The predicted octanol–water partition coefficient (Wildman–Crippen LogP) is 3.18. The molecule has 2 aromatic rings. The monoisotopic (exact) mass is 487 g/mol. The Balaban J connectivity index is 0.00000338. The quantitative estimate of drug-likeness (QED) is 0.341. The minimum Gasteiger partial charge on any atom is -0.497 e. The molecular weight excluding hydrogens is 461 g/mol. The minimum absolute atomic E-state index is 0. The van der Waals surface area contributed by atoms with Crippen LogP contribution >= 0.6 is 24.0 Å². The number of hydrogen-bond donors (Lipinski definition) is 2. The van der Waals surface area contributed by atoms with Gasteiger partial charge in [0.15, 0.2) is 5.96 Å². The van der Waals surface area contributed by atoms with Gasteiger partial charge in [-0.25, -0.2) is 4.99 Å². The summed E-state index contributed by atoms with van der Waals surface area (Å²) in [5, 5.41) is 6.44. The van der Waals surface area contributed by atoms with E-state index in [1.807, 2.05) is 61.5 Å². The highest BCUT2D eigenvalue weighted by molar-refractivity contribution is 14.0. The highest BCUT2D eigenvalue weighted by atomic mass is 127. The maximum Gasteiger partial charge on any atom is 0.191 e. The van der Waals surface area contributed by atoms with Crippen LogP contribution in [-0.4, -0.2) is 36.1 Å². The van der Waals surface area contributed by atoms with E-state index < -0.39 is 10.8 Å². The fourth-order valence-corrected chi connectivity index (χ4v) is 3.18. The second-order valence-electron chi connectivity index (χ2n) is 5.33. The lowest BCUT2D eigenvalue weighted by molar-refractivity contribution is 0.414. The molecule has 0 heterocycles. The van der Waals surface area contributed by atoms with E-state index in [4.69, 9.17) is 4.74 Å². The number of ether oxygens (including phenoxy) is 1. The van der Waals surface area contributed by atoms with Crippen molar-refractivity contribution >= 4 is 40.7 Å². The SMILES string of the molecule is CCNC(=NCc1ccc(OC)cc1)NCCS(=O)c1ccccc1.I. The first kappa shape index (κ1) is 22.4. The molecule has 0 amide bonds. The zero-order valence-corrected chi connectivity index (χ0v) is 18.3. The van der Waals surface area contributed by atoms with Crippen molar-refractivity contribution in [2.45, 2.75) is 18.4 Å². The van der Waals surface area contributed by atoms with E-state index in [1.165, 1.54) is 0 Å². The van der Waals surface area contributed by atoms with Crippen LogP contribution in [-0.2, 0) is 17.3 Å². The van der Waals surface area contributed by atoms with Gasteiger partial charge < -0.3 is 15.4 Å². The van der Waals surface area contributed by atoms with Crippen LogP contribution in [0.4, 0.5) is 0 Å². The molecule has 2 N–H and O–H groups in total. The first-order valence-corrected chi connectivity index (χ1v) is 9.63. The Morgan fingerprint density at radius 1 is 1.08 bits per heavy atom. The molecule has 0 aliphatic rings. The molecule has 1 unspecified atom stereocenters. The first-order valence-electron chi connectivity index (χ1n) is 8.31. The third-order valence-corrected chi connectivity index (χ3v) is 4.88. The summed E-state index contributed by atoms with van der Waals surface area (Å²) in [4.78, 5) is 5.41. The lowest BCUT2D eigenvalue weighted by Crippen LogP contribution is -2.39. The lowest BCUT2D eigenvalue weighted by Gasteiger charge is -2.11. The van der Waals surface area contributed by atoms with Crippen LogP contribution in [0.1, 0.15) is 12.5 Å². The molecule has 0 saturated carbocycles. The van der Waals surface area contributed by atoms with E-state index in [2.05, 4.69) is 15.6 Å². The fourth-order valence-electron chi connectivity index (χ4n) is 2.20. The van der Waals surface area contributed by atoms with Crippen molar-refractivity contribution in [3.63, 3.8) is 0 Å². The number of halogens is 1. The molecule has 1 atom stereocenters. The Bertz CT molecular complexity index is 694. The van der Waals surface area contributed by atoms with E-state index in [-0.39, 0.29) is 24.0 Å². The second-order valence-corrected chi connectivity index (χ2v) is 6.90. The molecule has 142 valence electrons. The molecule has 2 rings (SSSR count). The molecule has 0 aliphatic heterocycles.